The monoisotopic (exact) mass is 251 g/mol. The van der Waals surface area contributed by atoms with E-state index >= 15 is 0 Å². The molecule has 1 amide bonds. The minimum Gasteiger partial charge on any atom is -0.455 e. The van der Waals surface area contributed by atoms with Crippen LogP contribution in [0, 0.1) is 0 Å². The lowest BCUT2D eigenvalue weighted by Crippen LogP contribution is -2.41. The van der Waals surface area contributed by atoms with Crippen molar-refractivity contribution in [3.63, 3.8) is 0 Å². The molecule has 2 rings (SSSR count). The van der Waals surface area contributed by atoms with E-state index in [0.29, 0.717) is 18.1 Å². The standard InChI is InChI=1S/C13H21N3O2/c1-10-9-15(2)6-3-7-16(10)13(17)12-5-4-11(8-14)18-12/h4-5,10H,3,6-9,14H2,1-2H3. The third-order valence-corrected chi connectivity index (χ3v) is 3.38. The second kappa shape index (κ2) is 5.54. The zero-order chi connectivity index (χ0) is 13.1. The van der Waals surface area contributed by atoms with Gasteiger partial charge in [-0.05, 0) is 39.1 Å². The summed E-state index contributed by atoms with van der Waals surface area (Å²) in [4.78, 5) is 16.5. The van der Waals surface area contributed by atoms with Gasteiger partial charge in [0.15, 0.2) is 5.76 Å². The van der Waals surface area contributed by atoms with E-state index in [2.05, 4.69) is 18.9 Å². The molecule has 5 heteroatoms. The van der Waals surface area contributed by atoms with E-state index in [1.165, 1.54) is 0 Å². The summed E-state index contributed by atoms with van der Waals surface area (Å²) in [6, 6.07) is 3.68. The maximum absolute atomic E-state index is 12.4. The summed E-state index contributed by atoms with van der Waals surface area (Å²) in [6.45, 7) is 5.11. The highest BCUT2D eigenvalue weighted by molar-refractivity contribution is 5.91. The molecule has 0 aliphatic carbocycles. The van der Waals surface area contributed by atoms with Gasteiger partial charge in [-0.25, -0.2) is 0 Å². The van der Waals surface area contributed by atoms with Gasteiger partial charge in [0.05, 0.1) is 6.54 Å². The number of hydrogen-bond donors (Lipinski definition) is 1. The molecule has 18 heavy (non-hydrogen) atoms. The number of likely N-dealkylation sites (N-methyl/N-ethyl adjacent to an activating group) is 1. The lowest BCUT2D eigenvalue weighted by molar-refractivity contribution is 0.0662. The molecule has 1 fully saturated rings. The van der Waals surface area contributed by atoms with E-state index in [-0.39, 0.29) is 11.9 Å². The molecule has 1 aromatic rings. The predicted molar refractivity (Wildman–Crippen MR) is 69.2 cm³/mol. The number of amides is 1. The van der Waals surface area contributed by atoms with Gasteiger partial charge < -0.3 is 20.0 Å². The number of nitrogens with two attached hydrogens (primary N) is 1. The normalized spacial score (nSPS) is 21.9. The van der Waals surface area contributed by atoms with Crippen molar-refractivity contribution in [2.45, 2.75) is 25.9 Å². The van der Waals surface area contributed by atoms with Gasteiger partial charge in [-0.15, -0.1) is 0 Å². The molecule has 5 nitrogen and oxygen atoms in total. The SMILES string of the molecule is CC1CN(C)CCCN1C(=O)c1ccc(CN)o1. The first-order valence-electron chi connectivity index (χ1n) is 6.40. The molecule has 0 aromatic carbocycles. The topological polar surface area (TPSA) is 62.7 Å². The molecule has 1 aliphatic rings. The smallest absolute Gasteiger partial charge is 0.289 e. The van der Waals surface area contributed by atoms with Crippen LogP contribution in [-0.2, 0) is 6.54 Å². The van der Waals surface area contributed by atoms with Crippen molar-refractivity contribution in [2.75, 3.05) is 26.7 Å². The molecule has 0 saturated carbocycles. The molecule has 2 N–H and O–H groups in total. The van der Waals surface area contributed by atoms with E-state index in [9.17, 15) is 4.79 Å². The van der Waals surface area contributed by atoms with Crippen LogP contribution in [0.25, 0.3) is 0 Å². The molecule has 2 heterocycles. The van der Waals surface area contributed by atoms with Crippen molar-refractivity contribution < 1.29 is 9.21 Å². The number of carbonyl (C=O) groups is 1. The Kier molecular flexibility index (Phi) is 4.04. The first-order chi connectivity index (χ1) is 8.61. The van der Waals surface area contributed by atoms with E-state index in [0.717, 1.165) is 26.1 Å². The lowest BCUT2D eigenvalue weighted by atomic mass is 10.2. The molecule has 0 bridgehead atoms. The minimum absolute atomic E-state index is 0.0301. The first kappa shape index (κ1) is 13.1. The number of rotatable bonds is 2. The average molecular weight is 251 g/mol. The Morgan fingerprint density at radius 2 is 2.28 bits per heavy atom. The Bertz CT molecular complexity index is 416. The fourth-order valence-electron chi connectivity index (χ4n) is 2.42. The molecule has 1 aromatic heterocycles. The summed E-state index contributed by atoms with van der Waals surface area (Å²) < 4.78 is 5.43. The zero-order valence-electron chi connectivity index (χ0n) is 11.1. The van der Waals surface area contributed by atoms with Gasteiger partial charge in [-0.3, -0.25) is 4.79 Å². The van der Waals surface area contributed by atoms with Gasteiger partial charge in [0.25, 0.3) is 5.91 Å². The molecule has 1 saturated heterocycles. The average Bonchev–Trinajstić information content (AvgIpc) is 2.75. The Hall–Kier alpha value is -1.33. The minimum atomic E-state index is -0.0301. The van der Waals surface area contributed by atoms with Gasteiger partial charge in [-0.2, -0.15) is 0 Å². The van der Waals surface area contributed by atoms with E-state index in [1.54, 1.807) is 12.1 Å². The van der Waals surface area contributed by atoms with Crippen molar-refractivity contribution in [3.05, 3.63) is 23.7 Å². The molecule has 100 valence electrons. The van der Waals surface area contributed by atoms with Crippen LogP contribution in [0.3, 0.4) is 0 Å². The number of hydrogen-bond acceptors (Lipinski definition) is 4. The van der Waals surface area contributed by atoms with Crippen molar-refractivity contribution >= 4 is 5.91 Å². The predicted octanol–water partition coefficient (Wildman–Crippen LogP) is 0.905. The van der Waals surface area contributed by atoms with Crippen LogP contribution in [0.2, 0.25) is 0 Å². The zero-order valence-corrected chi connectivity index (χ0v) is 11.1. The molecule has 1 aliphatic heterocycles. The first-order valence-corrected chi connectivity index (χ1v) is 6.40. The Labute approximate surface area is 108 Å². The number of carbonyl (C=O) groups excluding carboxylic acids is 1. The summed E-state index contributed by atoms with van der Waals surface area (Å²) in [6.07, 6.45) is 0.997. The Balaban J connectivity index is 2.11. The van der Waals surface area contributed by atoms with E-state index in [1.807, 2.05) is 4.90 Å². The van der Waals surface area contributed by atoms with Gasteiger partial charge in [0, 0.05) is 19.1 Å². The van der Waals surface area contributed by atoms with Crippen LogP contribution in [0.15, 0.2) is 16.5 Å². The largest absolute Gasteiger partial charge is 0.455 e. The van der Waals surface area contributed by atoms with Gasteiger partial charge in [0.2, 0.25) is 0 Å². The maximum atomic E-state index is 12.4. The van der Waals surface area contributed by atoms with Crippen molar-refractivity contribution in [1.29, 1.82) is 0 Å². The molecular formula is C13H21N3O2. The highest BCUT2D eigenvalue weighted by Crippen LogP contribution is 2.15. The molecule has 0 spiro atoms. The fraction of sp³-hybridized carbons (Fsp3) is 0.615. The van der Waals surface area contributed by atoms with Crippen LogP contribution in [0.4, 0.5) is 0 Å². The van der Waals surface area contributed by atoms with Crippen molar-refractivity contribution in [3.8, 4) is 0 Å². The highest BCUT2D eigenvalue weighted by atomic mass is 16.4. The van der Waals surface area contributed by atoms with E-state index in [4.69, 9.17) is 10.2 Å². The van der Waals surface area contributed by atoms with Crippen molar-refractivity contribution in [2.24, 2.45) is 5.73 Å². The van der Waals surface area contributed by atoms with E-state index < -0.39 is 0 Å². The van der Waals surface area contributed by atoms with Gasteiger partial charge >= 0.3 is 0 Å². The number of furan rings is 1. The Morgan fingerprint density at radius 1 is 1.50 bits per heavy atom. The third-order valence-electron chi connectivity index (χ3n) is 3.38. The van der Waals surface area contributed by atoms with Gasteiger partial charge in [0.1, 0.15) is 5.76 Å². The van der Waals surface area contributed by atoms with Crippen molar-refractivity contribution in [1.82, 2.24) is 9.80 Å². The van der Waals surface area contributed by atoms with Crippen LogP contribution < -0.4 is 5.73 Å². The highest BCUT2D eigenvalue weighted by Gasteiger charge is 2.26. The fourth-order valence-corrected chi connectivity index (χ4v) is 2.42. The maximum Gasteiger partial charge on any atom is 0.289 e. The molecule has 1 unspecified atom stereocenters. The van der Waals surface area contributed by atoms with Crippen LogP contribution in [-0.4, -0.2) is 48.4 Å². The molecule has 0 radical (unpaired) electrons. The number of nitrogens with zero attached hydrogens (tertiary/aromatic N) is 2. The third kappa shape index (κ3) is 2.73. The molecular weight excluding hydrogens is 230 g/mol. The summed E-state index contributed by atoms with van der Waals surface area (Å²) in [5.74, 6) is 1.02. The molecule has 1 atom stereocenters. The summed E-state index contributed by atoms with van der Waals surface area (Å²) in [5, 5.41) is 0. The summed E-state index contributed by atoms with van der Waals surface area (Å²) in [5.41, 5.74) is 5.49. The summed E-state index contributed by atoms with van der Waals surface area (Å²) in [7, 11) is 2.09. The quantitative estimate of drug-likeness (QED) is 0.848. The van der Waals surface area contributed by atoms with Crippen LogP contribution in [0.1, 0.15) is 29.7 Å². The van der Waals surface area contributed by atoms with Crippen LogP contribution in [0.5, 0.6) is 0 Å². The van der Waals surface area contributed by atoms with Crippen LogP contribution >= 0.6 is 0 Å². The second-order valence-corrected chi connectivity index (χ2v) is 4.93. The second-order valence-electron chi connectivity index (χ2n) is 4.93. The van der Waals surface area contributed by atoms with Gasteiger partial charge in [-0.1, -0.05) is 0 Å². The lowest BCUT2D eigenvalue weighted by Gasteiger charge is -2.27. The summed E-state index contributed by atoms with van der Waals surface area (Å²) >= 11 is 0. The Morgan fingerprint density at radius 3 is 2.94 bits per heavy atom.